The highest BCUT2D eigenvalue weighted by Crippen LogP contribution is 2.42. The van der Waals surface area contributed by atoms with E-state index in [0.717, 1.165) is 5.56 Å². The number of ether oxygens (including phenoxy) is 3. The summed E-state index contributed by atoms with van der Waals surface area (Å²) in [7, 11) is 1.41. The number of amides is 1. The monoisotopic (exact) mass is 543 g/mol. The fourth-order valence-electron chi connectivity index (χ4n) is 2.73. The van der Waals surface area contributed by atoms with E-state index in [2.05, 4.69) is 5.32 Å². The third kappa shape index (κ3) is 7.20. The average Bonchev–Trinajstić information content (AvgIpc) is 2.67. The van der Waals surface area contributed by atoms with Gasteiger partial charge in [0.1, 0.15) is 18.2 Å². The van der Waals surface area contributed by atoms with Crippen molar-refractivity contribution in [2.45, 2.75) is 45.4 Å². The zero-order valence-electron chi connectivity index (χ0n) is 17.8. The first kappa shape index (κ1) is 24.6. The molecule has 0 spiro atoms. The maximum absolute atomic E-state index is 12.0. The van der Waals surface area contributed by atoms with Crippen LogP contribution in [-0.4, -0.2) is 41.0 Å². The lowest BCUT2D eigenvalue weighted by atomic mass is 10.0. The van der Waals surface area contributed by atoms with Gasteiger partial charge in [0.15, 0.2) is 11.5 Å². The van der Waals surface area contributed by atoms with E-state index in [1.54, 1.807) is 20.8 Å². The van der Waals surface area contributed by atoms with Crippen molar-refractivity contribution in [2.24, 2.45) is 0 Å². The number of nitrogens with one attached hydrogen (secondary N) is 1. The molecule has 0 aliphatic heterocycles. The van der Waals surface area contributed by atoms with Crippen molar-refractivity contribution >= 4 is 34.7 Å². The number of carbonyl (C=O) groups excluding carboxylic acids is 1. The predicted octanol–water partition coefficient (Wildman–Crippen LogP) is 4.10. The van der Waals surface area contributed by atoms with Gasteiger partial charge in [-0.05, 0) is 60.6 Å². The Bertz CT molecular complexity index is 926. The number of halogens is 1. The Balaban J connectivity index is 2.29. The molecule has 168 valence electrons. The quantitative estimate of drug-likeness (QED) is 0.430. The second-order valence-corrected chi connectivity index (χ2v) is 8.83. The molecule has 1 amide bonds. The van der Waals surface area contributed by atoms with E-state index in [1.807, 2.05) is 52.9 Å². The minimum Gasteiger partial charge on any atom is -0.504 e. The Morgan fingerprint density at radius 3 is 2.35 bits per heavy atom. The molecule has 9 heteroatoms. The van der Waals surface area contributed by atoms with Gasteiger partial charge in [-0.1, -0.05) is 30.3 Å². The largest absolute Gasteiger partial charge is 0.504 e. The van der Waals surface area contributed by atoms with Gasteiger partial charge >= 0.3 is 12.1 Å². The molecule has 0 radical (unpaired) electrons. The average molecular weight is 543 g/mol. The summed E-state index contributed by atoms with van der Waals surface area (Å²) in [5.41, 5.74) is 0.629. The second-order valence-electron chi connectivity index (χ2n) is 7.75. The Labute approximate surface area is 194 Å². The number of benzene rings is 2. The van der Waals surface area contributed by atoms with E-state index in [1.165, 1.54) is 13.2 Å². The summed E-state index contributed by atoms with van der Waals surface area (Å²) >= 11 is 2.01. The fraction of sp³-hybridized carbons (Fsp3) is 0.364. The van der Waals surface area contributed by atoms with Gasteiger partial charge in [-0.2, -0.15) is 0 Å². The number of rotatable bonds is 8. The minimum absolute atomic E-state index is 0.0912. The number of hydrogen-bond donors (Lipinski definition) is 3. The third-order valence-corrected chi connectivity index (χ3v) is 5.26. The molecule has 2 rings (SSSR count). The van der Waals surface area contributed by atoms with Crippen molar-refractivity contribution in [1.29, 1.82) is 0 Å². The van der Waals surface area contributed by atoms with E-state index >= 15 is 0 Å². The smallest absolute Gasteiger partial charge is 0.408 e. The molecule has 1 atom stereocenters. The van der Waals surface area contributed by atoms with Gasteiger partial charge in [-0.15, -0.1) is 0 Å². The molecule has 0 saturated heterocycles. The highest BCUT2D eigenvalue weighted by Gasteiger charge is 2.27. The van der Waals surface area contributed by atoms with Gasteiger partial charge in [-0.3, -0.25) is 0 Å². The third-order valence-electron chi connectivity index (χ3n) is 4.07. The molecule has 31 heavy (non-hydrogen) atoms. The molecule has 0 saturated carbocycles. The van der Waals surface area contributed by atoms with Crippen LogP contribution in [0.25, 0.3) is 0 Å². The molecular weight excluding hydrogens is 517 g/mol. The fourth-order valence-corrected chi connectivity index (χ4v) is 3.51. The number of carbonyl (C=O) groups is 2. The summed E-state index contributed by atoms with van der Waals surface area (Å²) in [6.45, 7) is 5.28. The lowest BCUT2D eigenvalue weighted by Gasteiger charge is -2.23. The first-order valence-corrected chi connectivity index (χ1v) is 10.6. The van der Waals surface area contributed by atoms with E-state index < -0.39 is 23.7 Å². The normalized spacial score (nSPS) is 12.0. The first-order valence-electron chi connectivity index (χ1n) is 9.49. The maximum atomic E-state index is 12.0. The summed E-state index contributed by atoms with van der Waals surface area (Å²) in [6.07, 6.45) is -0.931. The van der Waals surface area contributed by atoms with Crippen LogP contribution < -0.4 is 14.8 Å². The molecule has 2 aromatic carbocycles. The van der Waals surface area contributed by atoms with Crippen LogP contribution in [0.4, 0.5) is 4.79 Å². The van der Waals surface area contributed by atoms with Crippen molar-refractivity contribution in [1.82, 2.24) is 5.32 Å². The van der Waals surface area contributed by atoms with Gasteiger partial charge in [-0.25, -0.2) is 9.59 Å². The van der Waals surface area contributed by atoms with Crippen LogP contribution in [0.15, 0.2) is 36.4 Å². The molecule has 0 bridgehead atoms. The summed E-state index contributed by atoms with van der Waals surface area (Å²) in [5, 5.41) is 22.3. The van der Waals surface area contributed by atoms with E-state index in [-0.39, 0.29) is 24.5 Å². The van der Waals surface area contributed by atoms with Gasteiger partial charge in [0, 0.05) is 6.42 Å². The lowest BCUT2D eigenvalue weighted by Crippen LogP contribution is -2.44. The van der Waals surface area contributed by atoms with Crippen LogP contribution in [0.2, 0.25) is 0 Å². The topological polar surface area (TPSA) is 114 Å². The van der Waals surface area contributed by atoms with Crippen molar-refractivity contribution in [2.75, 3.05) is 7.11 Å². The number of hydrogen-bond acceptors (Lipinski definition) is 6. The molecule has 3 N–H and O–H groups in total. The molecule has 0 aliphatic carbocycles. The molecule has 2 aromatic rings. The molecule has 0 fully saturated rings. The SMILES string of the molecule is COc1c(O)cc(CC(NC(=O)OC(C)(C)C)C(=O)O)c(I)c1OCc1ccccc1. The predicted molar refractivity (Wildman–Crippen MR) is 123 cm³/mol. The molecule has 0 aromatic heterocycles. The molecule has 0 heterocycles. The van der Waals surface area contributed by atoms with Crippen LogP contribution in [0.1, 0.15) is 31.9 Å². The second kappa shape index (κ2) is 10.6. The zero-order valence-corrected chi connectivity index (χ0v) is 19.9. The number of phenolic OH excluding ortho intramolecular Hbond substituents is 1. The summed E-state index contributed by atoms with van der Waals surface area (Å²) < 4.78 is 16.9. The standard InChI is InChI=1S/C22H26INO7/c1-22(2,3)31-21(28)24-15(20(26)27)10-14-11-16(25)18(29-4)19(17(14)23)30-12-13-8-6-5-7-9-13/h5-9,11,15,25H,10,12H2,1-4H3,(H,24,28)(H,26,27). The van der Waals surface area contributed by atoms with Crippen molar-refractivity contribution in [3.05, 3.63) is 51.1 Å². The molecular formula is C22H26INO7. The highest BCUT2D eigenvalue weighted by atomic mass is 127. The van der Waals surface area contributed by atoms with E-state index in [0.29, 0.717) is 14.9 Å². The Morgan fingerprint density at radius 2 is 1.81 bits per heavy atom. The number of methoxy groups -OCH3 is 1. The number of carboxylic acid groups (broad SMARTS) is 1. The van der Waals surface area contributed by atoms with Crippen LogP contribution in [-0.2, 0) is 22.6 Å². The molecule has 0 aliphatic rings. The molecule has 8 nitrogen and oxygen atoms in total. The van der Waals surface area contributed by atoms with E-state index in [4.69, 9.17) is 14.2 Å². The highest BCUT2D eigenvalue weighted by molar-refractivity contribution is 14.1. The van der Waals surface area contributed by atoms with Gasteiger partial charge < -0.3 is 29.7 Å². The maximum Gasteiger partial charge on any atom is 0.408 e. The Morgan fingerprint density at radius 1 is 1.16 bits per heavy atom. The first-order chi connectivity index (χ1) is 14.5. The van der Waals surface area contributed by atoms with Crippen LogP contribution in [0.3, 0.4) is 0 Å². The summed E-state index contributed by atoms with van der Waals surface area (Å²) in [6, 6.07) is 9.59. The number of aliphatic carboxylic acids is 1. The van der Waals surface area contributed by atoms with Crippen molar-refractivity contribution in [3.63, 3.8) is 0 Å². The summed E-state index contributed by atoms with van der Waals surface area (Å²) in [4.78, 5) is 23.8. The number of carboxylic acids is 1. The van der Waals surface area contributed by atoms with Crippen molar-refractivity contribution < 1.29 is 34.0 Å². The number of alkyl carbamates (subject to hydrolysis) is 1. The summed E-state index contributed by atoms with van der Waals surface area (Å²) in [5.74, 6) is -0.981. The van der Waals surface area contributed by atoms with Gasteiger partial charge in [0.05, 0.1) is 10.7 Å². The number of aromatic hydroxyl groups is 1. The van der Waals surface area contributed by atoms with Crippen LogP contribution in [0, 0.1) is 3.57 Å². The van der Waals surface area contributed by atoms with Gasteiger partial charge in [0.25, 0.3) is 0 Å². The van der Waals surface area contributed by atoms with Crippen LogP contribution in [0.5, 0.6) is 17.2 Å². The Kier molecular flexibility index (Phi) is 8.37. The zero-order chi connectivity index (χ0) is 23.2. The molecule has 1 unspecified atom stereocenters. The van der Waals surface area contributed by atoms with Crippen LogP contribution >= 0.6 is 22.6 Å². The van der Waals surface area contributed by atoms with Crippen molar-refractivity contribution in [3.8, 4) is 17.2 Å². The van der Waals surface area contributed by atoms with E-state index in [9.17, 15) is 19.8 Å². The number of phenols is 1. The minimum atomic E-state index is -1.27. The van der Waals surface area contributed by atoms with Gasteiger partial charge in [0.2, 0.25) is 5.75 Å². The Hall–Kier alpha value is -2.69. The lowest BCUT2D eigenvalue weighted by molar-refractivity contribution is -0.139.